The highest BCUT2D eigenvalue weighted by atomic mass is 16.5. The molecule has 0 aromatic heterocycles. The number of nitrogens with zero attached hydrogens (tertiary/aromatic N) is 1. The van der Waals surface area contributed by atoms with E-state index >= 15 is 0 Å². The highest BCUT2D eigenvalue weighted by molar-refractivity contribution is 5.18. The van der Waals surface area contributed by atoms with Gasteiger partial charge in [0.05, 0.1) is 12.2 Å². The molecule has 1 aliphatic rings. The second-order valence-corrected chi connectivity index (χ2v) is 5.62. The first-order valence-electron chi connectivity index (χ1n) is 7.08. The van der Waals surface area contributed by atoms with Crippen LogP contribution in [0.1, 0.15) is 38.7 Å². The normalized spacial score (nSPS) is 27.1. The van der Waals surface area contributed by atoms with Gasteiger partial charge in [-0.2, -0.15) is 0 Å². The van der Waals surface area contributed by atoms with Crippen molar-refractivity contribution in [3.05, 3.63) is 35.9 Å². The third-order valence-electron chi connectivity index (χ3n) is 3.74. The first-order chi connectivity index (χ1) is 8.65. The zero-order valence-corrected chi connectivity index (χ0v) is 11.8. The minimum atomic E-state index is 0.376. The first-order valence-corrected chi connectivity index (χ1v) is 7.08. The van der Waals surface area contributed by atoms with Crippen LogP contribution in [0.15, 0.2) is 30.3 Å². The maximum Gasteiger partial charge on any atom is 0.0678 e. The zero-order valence-electron chi connectivity index (χ0n) is 11.8. The predicted octanol–water partition coefficient (Wildman–Crippen LogP) is 3.29. The quantitative estimate of drug-likeness (QED) is 0.809. The molecule has 1 aromatic rings. The molecule has 2 nitrogen and oxygen atoms in total. The molecule has 0 unspecified atom stereocenters. The average molecular weight is 247 g/mol. The Morgan fingerprint density at radius 2 is 1.78 bits per heavy atom. The van der Waals surface area contributed by atoms with Crippen molar-refractivity contribution in [1.82, 2.24) is 4.90 Å². The van der Waals surface area contributed by atoms with Gasteiger partial charge in [0.1, 0.15) is 0 Å². The second kappa shape index (κ2) is 6.35. The minimum absolute atomic E-state index is 0.376. The van der Waals surface area contributed by atoms with Gasteiger partial charge in [-0.15, -0.1) is 0 Å². The number of hydrogen-bond donors (Lipinski definition) is 0. The van der Waals surface area contributed by atoms with Gasteiger partial charge in [0.25, 0.3) is 0 Å². The lowest BCUT2D eigenvalue weighted by Crippen LogP contribution is -2.45. The fourth-order valence-corrected chi connectivity index (χ4v) is 2.79. The maximum absolute atomic E-state index is 5.77. The van der Waals surface area contributed by atoms with E-state index in [0.29, 0.717) is 18.1 Å². The summed E-state index contributed by atoms with van der Waals surface area (Å²) in [5.74, 6) is 0.639. The SMILES string of the molecule is C[C@@H]1CN(CC[C@H](C)c2ccccc2)C[C@@H](C)O1. The molecule has 2 heteroatoms. The van der Waals surface area contributed by atoms with Crippen molar-refractivity contribution in [3.63, 3.8) is 0 Å². The summed E-state index contributed by atoms with van der Waals surface area (Å²) in [6.45, 7) is 9.99. The lowest BCUT2D eigenvalue weighted by molar-refractivity contribution is -0.0683. The van der Waals surface area contributed by atoms with Crippen molar-refractivity contribution in [3.8, 4) is 0 Å². The van der Waals surface area contributed by atoms with Crippen molar-refractivity contribution < 1.29 is 4.74 Å². The van der Waals surface area contributed by atoms with Gasteiger partial charge >= 0.3 is 0 Å². The maximum atomic E-state index is 5.77. The summed E-state index contributed by atoms with van der Waals surface area (Å²) in [4.78, 5) is 2.54. The van der Waals surface area contributed by atoms with Gasteiger partial charge in [0.15, 0.2) is 0 Å². The van der Waals surface area contributed by atoms with E-state index in [4.69, 9.17) is 4.74 Å². The van der Waals surface area contributed by atoms with Crippen LogP contribution in [-0.4, -0.2) is 36.7 Å². The van der Waals surface area contributed by atoms with Gasteiger partial charge in [-0.25, -0.2) is 0 Å². The summed E-state index contributed by atoms with van der Waals surface area (Å²) in [5, 5.41) is 0. The van der Waals surface area contributed by atoms with Crippen LogP contribution in [-0.2, 0) is 4.74 Å². The van der Waals surface area contributed by atoms with E-state index in [1.54, 1.807) is 0 Å². The van der Waals surface area contributed by atoms with Crippen LogP contribution >= 0.6 is 0 Å². The van der Waals surface area contributed by atoms with Gasteiger partial charge in [0, 0.05) is 13.1 Å². The molecule has 0 saturated carbocycles. The Hall–Kier alpha value is -0.860. The van der Waals surface area contributed by atoms with Gasteiger partial charge < -0.3 is 4.74 Å². The zero-order chi connectivity index (χ0) is 13.0. The van der Waals surface area contributed by atoms with Crippen molar-refractivity contribution in [2.75, 3.05) is 19.6 Å². The van der Waals surface area contributed by atoms with Gasteiger partial charge in [-0.3, -0.25) is 4.90 Å². The first kappa shape index (κ1) is 13.6. The van der Waals surface area contributed by atoms with Crippen LogP contribution in [0.5, 0.6) is 0 Å². The van der Waals surface area contributed by atoms with E-state index in [1.165, 1.54) is 18.5 Å². The molecule has 0 aliphatic carbocycles. The highest BCUT2D eigenvalue weighted by Crippen LogP contribution is 2.20. The third-order valence-corrected chi connectivity index (χ3v) is 3.74. The molecule has 1 saturated heterocycles. The molecule has 1 aliphatic heterocycles. The van der Waals surface area contributed by atoms with E-state index < -0.39 is 0 Å². The number of ether oxygens (including phenoxy) is 1. The average Bonchev–Trinajstić information content (AvgIpc) is 2.36. The molecular weight excluding hydrogens is 222 g/mol. The molecule has 0 N–H and O–H groups in total. The lowest BCUT2D eigenvalue weighted by atomic mass is 9.97. The standard InChI is InChI=1S/C16H25NO/c1-13(16-7-5-4-6-8-16)9-10-17-11-14(2)18-15(3)12-17/h4-8,13-15H,9-12H2,1-3H3/t13-,14+,15+/m0/s1. The molecule has 0 bridgehead atoms. The van der Waals surface area contributed by atoms with Crippen molar-refractivity contribution >= 4 is 0 Å². The number of morpholine rings is 1. The van der Waals surface area contributed by atoms with Gasteiger partial charge in [0.2, 0.25) is 0 Å². The van der Waals surface area contributed by atoms with E-state index in [1.807, 2.05) is 0 Å². The van der Waals surface area contributed by atoms with Gasteiger partial charge in [-0.05, 0) is 38.3 Å². The van der Waals surface area contributed by atoms with Crippen LogP contribution in [0.25, 0.3) is 0 Å². The van der Waals surface area contributed by atoms with Crippen LogP contribution in [0, 0.1) is 0 Å². The molecule has 100 valence electrons. The second-order valence-electron chi connectivity index (χ2n) is 5.62. The summed E-state index contributed by atoms with van der Waals surface area (Å²) in [6, 6.07) is 10.8. The van der Waals surface area contributed by atoms with Crippen LogP contribution in [0.3, 0.4) is 0 Å². The fraction of sp³-hybridized carbons (Fsp3) is 0.625. The largest absolute Gasteiger partial charge is 0.373 e. The minimum Gasteiger partial charge on any atom is -0.373 e. The highest BCUT2D eigenvalue weighted by Gasteiger charge is 2.22. The third kappa shape index (κ3) is 3.82. The molecule has 1 aromatic carbocycles. The molecule has 0 radical (unpaired) electrons. The number of hydrogen-bond acceptors (Lipinski definition) is 2. The Morgan fingerprint density at radius 3 is 2.39 bits per heavy atom. The molecule has 3 atom stereocenters. The topological polar surface area (TPSA) is 12.5 Å². The predicted molar refractivity (Wildman–Crippen MR) is 75.9 cm³/mol. The summed E-state index contributed by atoms with van der Waals surface area (Å²) in [6.07, 6.45) is 1.98. The lowest BCUT2D eigenvalue weighted by Gasteiger charge is -2.35. The van der Waals surface area contributed by atoms with Crippen molar-refractivity contribution in [1.29, 1.82) is 0 Å². The summed E-state index contributed by atoms with van der Waals surface area (Å²) in [7, 11) is 0. The summed E-state index contributed by atoms with van der Waals surface area (Å²) >= 11 is 0. The molecule has 0 amide bonds. The van der Waals surface area contributed by atoms with E-state index in [9.17, 15) is 0 Å². The Bertz CT molecular complexity index is 341. The molecule has 1 heterocycles. The van der Waals surface area contributed by atoms with E-state index in [-0.39, 0.29) is 0 Å². The number of rotatable bonds is 4. The fourth-order valence-electron chi connectivity index (χ4n) is 2.79. The van der Waals surface area contributed by atoms with E-state index in [0.717, 1.165) is 13.1 Å². The van der Waals surface area contributed by atoms with Crippen molar-refractivity contribution in [2.45, 2.75) is 45.3 Å². The number of benzene rings is 1. The van der Waals surface area contributed by atoms with E-state index in [2.05, 4.69) is 56.0 Å². The molecule has 18 heavy (non-hydrogen) atoms. The van der Waals surface area contributed by atoms with Crippen LogP contribution in [0.2, 0.25) is 0 Å². The van der Waals surface area contributed by atoms with Crippen LogP contribution < -0.4 is 0 Å². The monoisotopic (exact) mass is 247 g/mol. The summed E-state index contributed by atoms with van der Waals surface area (Å²) < 4.78 is 5.77. The Balaban J connectivity index is 1.81. The van der Waals surface area contributed by atoms with Crippen molar-refractivity contribution in [2.24, 2.45) is 0 Å². The Morgan fingerprint density at radius 1 is 1.17 bits per heavy atom. The molecular formula is C16H25NO. The molecule has 1 fully saturated rings. The summed E-state index contributed by atoms with van der Waals surface area (Å²) in [5.41, 5.74) is 1.45. The molecule has 0 spiro atoms. The molecule has 2 rings (SSSR count). The Labute approximate surface area is 111 Å². The van der Waals surface area contributed by atoms with Crippen LogP contribution in [0.4, 0.5) is 0 Å². The smallest absolute Gasteiger partial charge is 0.0678 e. The Kier molecular flexibility index (Phi) is 4.79. The van der Waals surface area contributed by atoms with Gasteiger partial charge in [-0.1, -0.05) is 37.3 Å².